The van der Waals surface area contributed by atoms with E-state index in [9.17, 15) is 14.0 Å². The van der Waals surface area contributed by atoms with E-state index in [0.29, 0.717) is 18.0 Å². The highest BCUT2D eigenvalue weighted by Crippen LogP contribution is 2.44. The van der Waals surface area contributed by atoms with Crippen LogP contribution in [0.5, 0.6) is 0 Å². The number of halogens is 1. The summed E-state index contributed by atoms with van der Waals surface area (Å²) in [5.74, 6) is 0.110. The van der Waals surface area contributed by atoms with E-state index < -0.39 is 0 Å². The van der Waals surface area contributed by atoms with E-state index in [4.69, 9.17) is 0 Å². The second kappa shape index (κ2) is 7.07. The van der Waals surface area contributed by atoms with E-state index in [1.165, 1.54) is 17.8 Å². The van der Waals surface area contributed by atoms with Crippen molar-refractivity contribution in [3.8, 4) is 0 Å². The Morgan fingerprint density at radius 3 is 2.71 bits per heavy atom. The zero-order chi connectivity index (χ0) is 15.4. The van der Waals surface area contributed by atoms with Crippen molar-refractivity contribution in [2.24, 2.45) is 5.92 Å². The fraction of sp³-hybridized carbons (Fsp3) is 0.500. The molecule has 1 aliphatic rings. The maximum atomic E-state index is 14.0. The van der Waals surface area contributed by atoms with Crippen LogP contribution < -0.4 is 0 Å². The molecule has 1 aromatic carbocycles. The summed E-state index contributed by atoms with van der Waals surface area (Å²) in [5.41, 5.74) is 0.521. The van der Waals surface area contributed by atoms with Crippen LogP contribution >= 0.6 is 11.8 Å². The summed E-state index contributed by atoms with van der Waals surface area (Å²) in [6, 6.07) is 6.54. The summed E-state index contributed by atoms with van der Waals surface area (Å²) in [7, 11) is 0. The van der Waals surface area contributed by atoms with E-state index in [1.54, 1.807) is 23.1 Å². The fourth-order valence-corrected chi connectivity index (χ4v) is 3.82. The van der Waals surface area contributed by atoms with E-state index in [2.05, 4.69) is 13.8 Å². The Balaban J connectivity index is 2.25. The van der Waals surface area contributed by atoms with Gasteiger partial charge in [0.2, 0.25) is 5.91 Å². The second-order valence-corrected chi connectivity index (χ2v) is 6.90. The van der Waals surface area contributed by atoms with Crippen LogP contribution in [0.3, 0.4) is 0 Å². The number of benzene rings is 1. The first kappa shape index (κ1) is 16.0. The Bertz CT molecular complexity index is 521. The molecule has 0 bridgehead atoms. The molecular formula is C16H20FNO2S. The molecule has 2 atom stereocenters. The van der Waals surface area contributed by atoms with Crippen LogP contribution in [0.4, 0.5) is 4.39 Å². The average Bonchev–Trinajstić information content (AvgIpc) is 2.74. The first-order valence-electron chi connectivity index (χ1n) is 7.18. The van der Waals surface area contributed by atoms with Crippen LogP contribution in [0.15, 0.2) is 24.3 Å². The highest BCUT2D eigenvalue weighted by molar-refractivity contribution is 8.01. The van der Waals surface area contributed by atoms with Crippen molar-refractivity contribution >= 4 is 24.0 Å². The molecule has 2 rings (SSSR count). The van der Waals surface area contributed by atoms with Gasteiger partial charge in [0.25, 0.3) is 0 Å². The largest absolute Gasteiger partial charge is 0.325 e. The predicted octanol–water partition coefficient (Wildman–Crippen LogP) is 3.40. The highest BCUT2D eigenvalue weighted by atomic mass is 32.2. The van der Waals surface area contributed by atoms with Crippen LogP contribution in [-0.2, 0) is 9.59 Å². The molecule has 0 N–H and O–H groups in total. The van der Waals surface area contributed by atoms with Gasteiger partial charge in [0.1, 0.15) is 17.5 Å². The number of carbonyl (C=O) groups excluding carboxylic acids is 2. The third-order valence-corrected chi connectivity index (χ3v) is 5.05. The number of thioether (sulfide) groups is 1. The molecule has 1 heterocycles. The van der Waals surface area contributed by atoms with E-state index >= 15 is 0 Å². The van der Waals surface area contributed by atoms with Crippen molar-refractivity contribution in [1.29, 1.82) is 0 Å². The van der Waals surface area contributed by atoms with Crippen molar-refractivity contribution in [3.05, 3.63) is 35.6 Å². The van der Waals surface area contributed by atoms with Crippen LogP contribution in [0.1, 0.15) is 37.6 Å². The molecule has 0 saturated carbocycles. The Labute approximate surface area is 128 Å². The second-order valence-electron chi connectivity index (χ2n) is 5.62. The molecule has 3 nitrogen and oxygen atoms in total. The summed E-state index contributed by atoms with van der Waals surface area (Å²) in [6.45, 7) is 4.78. The number of hydrogen-bond donors (Lipinski definition) is 0. The molecule has 1 aliphatic heterocycles. The monoisotopic (exact) mass is 309 g/mol. The van der Waals surface area contributed by atoms with Gasteiger partial charge in [0, 0.05) is 18.5 Å². The molecule has 5 heteroatoms. The topological polar surface area (TPSA) is 37.4 Å². The average molecular weight is 309 g/mol. The third kappa shape index (κ3) is 3.64. The number of aldehydes is 1. The minimum atomic E-state index is -0.390. The lowest BCUT2D eigenvalue weighted by molar-refractivity contribution is -0.131. The molecule has 0 aliphatic carbocycles. The minimum Gasteiger partial charge on any atom is -0.325 e. The molecule has 1 saturated heterocycles. The van der Waals surface area contributed by atoms with Crippen molar-refractivity contribution < 1.29 is 14.0 Å². The number of nitrogens with zero attached hydrogens (tertiary/aromatic N) is 1. The van der Waals surface area contributed by atoms with Gasteiger partial charge >= 0.3 is 0 Å². The van der Waals surface area contributed by atoms with Crippen LogP contribution in [0.2, 0.25) is 0 Å². The van der Waals surface area contributed by atoms with Gasteiger partial charge in [-0.3, -0.25) is 4.79 Å². The quantitative estimate of drug-likeness (QED) is 0.756. The molecule has 114 valence electrons. The molecule has 2 unspecified atom stereocenters. The zero-order valence-electron chi connectivity index (χ0n) is 12.3. The minimum absolute atomic E-state index is 0.0546. The summed E-state index contributed by atoms with van der Waals surface area (Å²) in [4.78, 5) is 24.9. The molecular weight excluding hydrogens is 289 g/mol. The van der Waals surface area contributed by atoms with Gasteiger partial charge in [0.15, 0.2) is 0 Å². The molecule has 0 aromatic heterocycles. The Kier molecular flexibility index (Phi) is 5.39. The summed E-state index contributed by atoms with van der Waals surface area (Å²) < 4.78 is 14.0. The zero-order valence-corrected chi connectivity index (χ0v) is 13.1. The normalized spacial score (nSPS) is 22.1. The lowest BCUT2D eigenvalue weighted by Gasteiger charge is -2.25. The third-order valence-electron chi connectivity index (χ3n) is 3.56. The van der Waals surface area contributed by atoms with Crippen molar-refractivity contribution in [1.82, 2.24) is 4.90 Å². The first-order valence-corrected chi connectivity index (χ1v) is 8.13. The van der Waals surface area contributed by atoms with Gasteiger partial charge in [-0.1, -0.05) is 32.0 Å². The maximum absolute atomic E-state index is 14.0. The van der Waals surface area contributed by atoms with E-state index in [-0.39, 0.29) is 28.8 Å². The smallest absolute Gasteiger partial charge is 0.237 e. The van der Waals surface area contributed by atoms with Gasteiger partial charge in [-0.25, -0.2) is 4.39 Å². The van der Waals surface area contributed by atoms with Crippen molar-refractivity contribution in [2.75, 3.05) is 6.54 Å². The fourth-order valence-electron chi connectivity index (χ4n) is 2.37. The standard InChI is InChI=1S/C16H20FNO2S/c1-11(2)7-9-18-15(20)14(8-10-19)21-16(18)12-5-3-4-6-13(12)17/h3-6,10-11,14,16H,7-9H2,1-2H3. The highest BCUT2D eigenvalue weighted by Gasteiger charge is 2.41. The molecule has 1 aromatic rings. The van der Waals surface area contributed by atoms with E-state index in [0.717, 1.165) is 12.7 Å². The molecule has 0 spiro atoms. The lowest BCUT2D eigenvalue weighted by atomic mass is 10.1. The van der Waals surface area contributed by atoms with E-state index in [1.807, 2.05) is 0 Å². The Morgan fingerprint density at radius 2 is 2.10 bits per heavy atom. The molecule has 1 fully saturated rings. The van der Waals surface area contributed by atoms with Gasteiger partial charge in [-0.2, -0.15) is 0 Å². The van der Waals surface area contributed by atoms with Gasteiger partial charge in [-0.15, -0.1) is 11.8 Å². The van der Waals surface area contributed by atoms with Crippen LogP contribution in [0.25, 0.3) is 0 Å². The Morgan fingerprint density at radius 1 is 1.38 bits per heavy atom. The number of rotatable bonds is 6. The van der Waals surface area contributed by atoms with Crippen molar-refractivity contribution in [3.63, 3.8) is 0 Å². The lowest BCUT2D eigenvalue weighted by Crippen LogP contribution is -2.33. The molecule has 0 radical (unpaired) electrons. The SMILES string of the molecule is CC(C)CCN1C(=O)C(CC=O)SC1c1ccccc1F. The van der Waals surface area contributed by atoms with Crippen LogP contribution in [0, 0.1) is 11.7 Å². The molecule has 1 amide bonds. The summed E-state index contributed by atoms with van der Waals surface area (Å²) in [5, 5.41) is -0.721. The maximum Gasteiger partial charge on any atom is 0.237 e. The number of carbonyl (C=O) groups is 2. The van der Waals surface area contributed by atoms with Gasteiger partial charge in [-0.05, 0) is 18.4 Å². The number of hydrogen-bond acceptors (Lipinski definition) is 3. The van der Waals surface area contributed by atoms with Gasteiger partial charge in [0.05, 0.1) is 5.25 Å². The van der Waals surface area contributed by atoms with Crippen LogP contribution in [-0.4, -0.2) is 28.9 Å². The summed E-state index contributed by atoms with van der Waals surface area (Å²) in [6.07, 6.45) is 1.82. The molecule has 21 heavy (non-hydrogen) atoms. The number of amides is 1. The Hall–Kier alpha value is -1.36. The summed E-state index contributed by atoms with van der Waals surface area (Å²) >= 11 is 1.38. The first-order chi connectivity index (χ1) is 10.0. The van der Waals surface area contributed by atoms with Crippen molar-refractivity contribution in [2.45, 2.75) is 37.3 Å². The predicted molar refractivity (Wildman–Crippen MR) is 82.4 cm³/mol. The van der Waals surface area contributed by atoms with Gasteiger partial charge < -0.3 is 9.69 Å².